The van der Waals surface area contributed by atoms with Crippen LogP contribution in [0.2, 0.25) is 0 Å². The number of nitrogens with one attached hydrogen (secondary N) is 1. The molecular weight excluding hydrogens is 162 g/mol. The van der Waals surface area contributed by atoms with E-state index in [1.807, 2.05) is 0 Å². The summed E-state index contributed by atoms with van der Waals surface area (Å²) in [7, 11) is 0. The van der Waals surface area contributed by atoms with Crippen LogP contribution in [0.4, 0.5) is 0 Å². The van der Waals surface area contributed by atoms with E-state index in [1.165, 1.54) is 12.8 Å². The fourth-order valence-corrected chi connectivity index (χ4v) is 1.41. The van der Waals surface area contributed by atoms with E-state index >= 15 is 0 Å². The van der Waals surface area contributed by atoms with E-state index in [4.69, 9.17) is 11.5 Å². The minimum absolute atomic E-state index is 0.293. The second-order valence-corrected chi connectivity index (χ2v) is 3.33. The van der Waals surface area contributed by atoms with E-state index in [-0.39, 0.29) is 0 Å². The van der Waals surface area contributed by atoms with Crippen molar-refractivity contribution < 1.29 is 5.11 Å². The standard InChI is InChI=1S/C11H21NO/c1-3-5-8-12-10-11(6-4-2)7-9-13/h1,11-13H,4-10H2,2H3. The van der Waals surface area contributed by atoms with Gasteiger partial charge in [-0.15, -0.1) is 12.3 Å². The topological polar surface area (TPSA) is 32.3 Å². The summed E-state index contributed by atoms with van der Waals surface area (Å²) in [6.45, 7) is 4.34. The molecule has 0 aliphatic carbocycles. The van der Waals surface area contributed by atoms with Gasteiger partial charge in [-0.05, 0) is 25.3 Å². The first-order chi connectivity index (χ1) is 6.35. The Hall–Kier alpha value is -0.520. The molecule has 0 aromatic rings. The van der Waals surface area contributed by atoms with Crippen LogP contribution in [0.3, 0.4) is 0 Å². The molecule has 1 unspecified atom stereocenters. The first-order valence-electron chi connectivity index (χ1n) is 5.10. The van der Waals surface area contributed by atoms with Gasteiger partial charge >= 0.3 is 0 Å². The molecule has 0 amide bonds. The Labute approximate surface area is 81.7 Å². The molecular formula is C11H21NO. The van der Waals surface area contributed by atoms with Gasteiger partial charge in [-0.25, -0.2) is 0 Å². The third-order valence-electron chi connectivity index (χ3n) is 2.11. The van der Waals surface area contributed by atoms with Crippen LogP contribution in [0.25, 0.3) is 0 Å². The highest BCUT2D eigenvalue weighted by molar-refractivity contribution is 4.84. The molecule has 13 heavy (non-hydrogen) atoms. The van der Waals surface area contributed by atoms with Gasteiger partial charge in [-0.1, -0.05) is 13.3 Å². The molecule has 2 N–H and O–H groups in total. The maximum Gasteiger partial charge on any atom is 0.0434 e. The minimum atomic E-state index is 0.293. The van der Waals surface area contributed by atoms with Crippen molar-refractivity contribution in [3.8, 4) is 12.3 Å². The zero-order chi connectivity index (χ0) is 9.94. The molecule has 0 radical (unpaired) electrons. The Morgan fingerprint density at radius 2 is 2.23 bits per heavy atom. The fourth-order valence-electron chi connectivity index (χ4n) is 1.41. The van der Waals surface area contributed by atoms with Crippen LogP contribution in [0.5, 0.6) is 0 Å². The first-order valence-corrected chi connectivity index (χ1v) is 5.10. The molecule has 0 aromatic carbocycles. The van der Waals surface area contributed by atoms with Crippen LogP contribution >= 0.6 is 0 Å². The van der Waals surface area contributed by atoms with Gasteiger partial charge in [0.05, 0.1) is 0 Å². The van der Waals surface area contributed by atoms with Gasteiger partial charge in [-0.3, -0.25) is 0 Å². The summed E-state index contributed by atoms with van der Waals surface area (Å²) in [5.41, 5.74) is 0. The summed E-state index contributed by atoms with van der Waals surface area (Å²) >= 11 is 0. The Bertz CT molecular complexity index is 134. The molecule has 1 atom stereocenters. The summed E-state index contributed by atoms with van der Waals surface area (Å²) in [5.74, 6) is 3.20. The lowest BCUT2D eigenvalue weighted by Gasteiger charge is -2.14. The van der Waals surface area contributed by atoms with E-state index in [0.29, 0.717) is 12.5 Å². The molecule has 0 rings (SSSR count). The van der Waals surface area contributed by atoms with E-state index in [0.717, 1.165) is 25.9 Å². The quantitative estimate of drug-likeness (QED) is 0.440. The Morgan fingerprint density at radius 1 is 1.46 bits per heavy atom. The van der Waals surface area contributed by atoms with Gasteiger partial charge < -0.3 is 10.4 Å². The van der Waals surface area contributed by atoms with Crippen molar-refractivity contribution in [2.75, 3.05) is 19.7 Å². The predicted octanol–water partition coefficient (Wildman–Crippen LogP) is 1.40. The summed E-state index contributed by atoms with van der Waals surface area (Å²) < 4.78 is 0. The van der Waals surface area contributed by atoms with Gasteiger partial charge in [0.25, 0.3) is 0 Å². The van der Waals surface area contributed by atoms with Crippen molar-refractivity contribution >= 4 is 0 Å². The Morgan fingerprint density at radius 3 is 2.77 bits per heavy atom. The van der Waals surface area contributed by atoms with E-state index in [9.17, 15) is 0 Å². The van der Waals surface area contributed by atoms with Crippen LogP contribution in [0.1, 0.15) is 32.6 Å². The van der Waals surface area contributed by atoms with Crippen molar-refractivity contribution in [2.24, 2.45) is 5.92 Å². The number of hydrogen-bond donors (Lipinski definition) is 2. The van der Waals surface area contributed by atoms with Crippen LogP contribution < -0.4 is 5.32 Å². The van der Waals surface area contributed by atoms with Crippen molar-refractivity contribution in [1.29, 1.82) is 0 Å². The number of aliphatic hydroxyl groups is 1. The first kappa shape index (κ1) is 12.5. The lowest BCUT2D eigenvalue weighted by atomic mass is 10.0. The molecule has 2 heteroatoms. The van der Waals surface area contributed by atoms with Crippen molar-refractivity contribution in [2.45, 2.75) is 32.6 Å². The highest BCUT2D eigenvalue weighted by Gasteiger charge is 2.05. The number of aliphatic hydroxyl groups excluding tert-OH is 1. The van der Waals surface area contributed by atoms with Crippen LogP contribution in [0, 0.1) is 18.3 Å². The third-order valence-corrected chi connectivity index (χ3v) is 2.11. The molecule has 0 aliphatic heterocycles. The summed E-state index contributed by atoms with van der Waals surface area (Å²) in [6.07, 6.45) is 9.19. The minimum Gasteiger partial charge on any atom is -0.396 e. The van der Waals surface area contributed by atoms with E-state index in [1.54, 1.807) is 0 Å². The zero-order valence-electron chi connectivity index (χ0n) is 8.55. The zero-order valence-corrected chi connectivity index (χ0v) is 8.55. The fraction of sp³-hybridized carbons (Fsp3) is 0.818. The van der Waals surface area contributed by atoms with Crippen molar-refractivity contribution in [3.63, 3.8) is 0 Å². The highest BCUT2D eigenvalue weighted by Crippen LogP contribution is 2.08. The maximum absolute atomic E-state index is 8.81. The lowest BCUT2D eigenvalue weighted by Crippen LogP contribution is -2.24. The monoisotopic (exact) mass is 183 g/mol. The van der Waals surface area contributed by atoms with E-state index in [2.05, 4.69) is 18.2 Å². The SMILES string of the molecule is C#CCCNCC(CCC)CCO. The second kappa shape index (κ2) is 9.57. The highest BCUT2D eigenvalue weighted by atomic mass is 16.3. The smallest absolute Gasteiger partial charge is 0.0434 e. The Balaban J connectivity index is 3.39. The van der Waals surface area contributed by atoms with Crippen LogP contribution in [0.15, 0.2) is 0 Å². The number of terminal acetylenes is 1. The molecule has 0 saturated carbocycles. The van der Waals surface area contributed by atoms with Gasteiger partial charge in [-0.2, -0.15) is 0 Å². The molecule has 76 valence electrons. The average Bonchev–Trinajstić information content (AvgIpc) is 2.13. The molecule has 0 heterocycles. The molecule has 0 aliphatic rings. The third kappa shape index (κ3) is 7.83. The average molecular weight is 183 g/mol. The molecule has 0 fully saturated rings. The van der Waals surface area contributed by atoms with Crippen molar-refractivity contribution in [3.05, 3.63) is 0 Å². The van der Waals surface area contributed by atoms with Gasteiger partial charge in [0.2, 0.25) is 0 Å². The lowest BCUT2D eigenvalue weighted by molar-refractivity contribution is 0.248. The summed E-state index contributed by atoms with van der Waals surface area (Å²) in [5, 5.41) is 12.1. The maximum atomic E-state index is 8.81. The number of rotatable bonds is 8. The van der Waals surface area contributed by atoms with Gasteiger partial charge in [0, 0.05) is 19.6 Å². The van der Waals surface area contributed by atoms with Crippen molar-refractivity contribution in [1.82, 2.24) is 5.32 Å². The van der Waals surface area contributed by atoms with E-state index < -0.39 is 0 Å². The normalized spacial score (nSPS) is 12.4. The molecule has 0 aromatic heterocycles. The van der Waals surface area contributed by atoms with Gasteiger partial charge in [0.15, 0.2) is 0 Å². The van der Waals surface area contributed by atoms with Gasteiger partial charge in [0.1, 0.15) is 0 Å². The summed E-state index contributed by atoms with van der Waals surface area (Å²) in [4.78, 5) is 0. The Kier molecular flexibility index (Phi) is 9.18. The molecule has 0 bridgehead atoms. The molecule has 0 spiro atoms. The molecule has 2 nitrogen and oxygen atoms in total. The van der Waals surface area contributed by atoms with Crippen LogP contribution in [-0.4, -0.2) is 24.8 Å². The summed E-state index contributed by atoms with van der Waals surface area (Å²) in [6, 6.07) is 0. The molecule has 0 saturated heterocycles. The second-order valence-electron chi connectivity index (χ2n) is 3.33. The predicted molar refractivity (Wildman–Crippen MR) is 56.4 cm³/mol. The van der Waals surface area contributed by atoms with Crippen LogP contribution in [-0.2, 0) is 0 Å². The largest absolute Gasteiger partial charge is 0.396 e. The number of hydrogen-bond acceptors (Lipinski definition) is 2.